The van der Waals surface area contributed by atoms with Crippen LogP contribution in [0.1, 0.15) is 50.5 Å². The van der Waals surface area contributed by atoms with Crippen LogP contribution in [0.4, 0.5) is 5.82 Å². The summed E-state index contributed by atoms with van der Waals surface area (Å²) in [4.78, 5) is 11.5. The Bertz CT molecular complexity index is 422. The topological polar surface area (TPSA) is 41.0 Å². The van der Waals surface area contributed by atoms with Gasteiger partial charge in [0.1, 0.15) is 11.6 Å². The molecule has 0 unspecified atom stereocenters. The van der Waals surface area contributed by atoms with E-state index >= 15 is 0 Å². The highest BCUT2D eigenvalue weighted by Crippen LogP contribution is 2.20. The molecule has 0 bridgehead atoms. The van der Waals surface area contributed by atoms with Crippen molar-refractivity contribution in [2.45, 2.75) is 46.0 Å². The lowest BCUT2D eigenvalue weighted by atomic mass is 9.94. The van der Waals surface area contributed by atoms with E-state index in [1.807, 2.05) is 13.0 Å². The first-order valence-electron chi connectivity index (χ1n) is 7.82. The van der Waals surface area contributed by atoms with E-state index in [-0.39, 0.29) is 0 Å². The maximum absolute atomic E-state index is 4.60. The minimum Gasteiger partial charge on any atom is -0.370 e. The van der Waals surface area contributed by atoms with Crippen LogP contribution in [-0.4, -0.2) is 41.5 Å². The van der Waals surface area contributed by atoms with Crippen LogP contribution in [0.2, 0.25) is 0 Å². The fraction of sp³-hybridized carbons (Fsp3) is 0.750. The van der Waals surface area contributed by atoms with Crippen LogP contribution in [0, 0.1) is 12.8 Å². The zero-order valence-corrected chi connectivity index (χ0v) is 13.3. The van der Waals surface area contributed by atoms with E-state index in [2.05, 4.69) is 41.1 Å². The normalized spacial score (nSPS) is 17.6. The number of rotatable bonds is 5. The van der Waals surface area contributed by atoms with Crippen LogP contribution in [0.3, 0.4) is 0 Å². The number of aryl methyl sites for hydroxylation is 1. The molecule has 4 nitrogen and oxygen atoms in total. The van der Waals surface area contributed by atoms with Crippen LogP contribution in [-0.2, 0) is 0 Å². The molecule has 20 heavy (non-hydrogen) atoms. The first-order chi connectivity index (χ1) is 9.54. The van der Waals surface area contributed by atoms with Crippen molar-refractivity contribution in [2.24, 2.45) is 5.92 Å². The largest absolute Gasteiger partial charge is 0.370 e. The number of aromatic nitrogens is 2. The van der Waals surface area contributed by atoms with Crippen LogP contribution >= 0.6 is 0 Å². The number of hydrogen-bond acceptors (Lipinski definition) is 4. The summed E-state index contributed by atoms with van der Waals surface area (Å²) in [5.74, 6) is 3.16. The maximum atomic E-state index is 4.60. The van der Waals surface area contributed by atoms with Gasteiger partial charge in [-0.25, -0.2) is 9.97 Å². The molecule has 0 radical (unpaired) electrons. The maximum Gasteiger partial charge on any atom is 0.133 e. The summed E-state index contributed by atoms with van der Waals surface area (Å²) < 4.78 is 0. The fourth-order valence-corrected chi connectivity index (χ4v) is 2.70. The van der Waals surface area contributed by atoms with Gasteiger partial charge in [-0.2, -0.15) is 0 Å². The second-order valence-electron chi connectivity index (χ2n) is 6.37. The molecule has 1 aliphatic heterocycles. The Labute approximate surface area is 123 Å². The summed E-state index contributed by atoms with van der Waals surface area (Å²) in [6, 6.07) is 2.04. The fourth-order valence-electron chi connectivity index (χ4n) is 2.70. The molecule has 0 amide bonds. The summed E-state index contributed by atoms with van der Waals surface area (Å²) in [7, 11) is 2.21. The highest BCUT2D eigenvalue weighted by molar-refractivity contribution is 5.36. The minimum absolute atomic E-state index is 0.379. The third kappa shape index (κ3) is 4.44. The summed E-state index contributed by atoms with van der Waals surface area (Å²) in [5, 5.41) is 3.47. The molecule has 0 spiro atoms. The van der Waals surface area contributed by atoms with E-state index in [0.717, 1.165) is 29.8 Å². The van der Waals surface area contributed by atoms with Gasteiger partial charge in [0, 0.05) is 24.2 Å². The van der Waals surface area contributed by atoms with Gasteiger partial charge in [0.15, 0.2) is 0 Å². The van der Waals surface area contributed by atoms with Gasteiger partial charge in [0.05, 0.1) is 0 Å². The van der Waals surface area contributed by atoms with Gasteiger partial charge in [-0.15, -0.1) is 0 Å². The summed E-state index contributed by atoms with van der Waals surface area (Å²) >= 11 is 0. The highest BCUT2D eigenvalue weighted by Gasteiger charge is 2.16. The Morgan fingerprint density at radius 3 is 2.65 bits per heavy atom. The number of anilines is 1. The Morgan fingerprint density at radius 1 is 1.30 bits per heavy atom. The van der Waals surface area contributed by atoms with E-state index < -0.39 is 0 Å². The molecule has 0 aliphatic carbocycles. The summed E-state index contributed by atoms with van der Waals surface area (Å²) in [5.41, 5.74) is 1.05. The van der Waals surface area contributed by atoms with Crippen LogP contribution in [0.25, 0.3) is 0 Å². The molecular formula is C16H28N4. The second-order valence-corrected chi connectivity index (χ2v) is 6.37. The van der Waals surface area contributed by atoms with Crippen LogP contribution < -0.4 is 5.32 Å². The van der Waals surface area contributed by atoms with Crippen molar-refractivity contribution >= 4 is 5.82 Å². The van der Waals surface area contributed by atoms with Crippen molar-refractivity contribution in [3.05, 3.63) is 17.6 Å². The third-order valence-corrected chi connectivity index (χ3v) is 4.08. The standard InChI is InChI=1S/C16H28N4/c1-12(2)16-18-13(3)11-15(19-16)17-8-5-14-6-9-20(4)10-7-14/h11-12,14H,5-10H2,1-4H3,(H,17,18,19). The van der Waals surface area contributed by atoms with Gasteiger partial charge in [0.2, 0.25) is 0 Å². The SMILES string of the molecule is Cc1cc(NCCC2CCN(C)CC2)nc(C(C)C)n1. The number of likely N-dealkylation sites (tertiary alicyclic amines) is 1. The van der Waals surface area contributed by atoms with Gasteiger partial charge in [-0.3, -0.25) is 0 Å². The molecule has 2 rings (SSSR count). The van der Waals surface area contributed by atoms with Crippen molar-refractivity contribution in [2.75, 3.05) is 32.0 Å². The Kier molecular flexibility index (Phi) is 5.35. The minimum atomic E-state index is 0.379. The zero-order valence-electron chi connectivity index (χ0n) is 13.3. The second kappa shape index (κ2) is 7.02. The van der Waals surface area contributed by atoms with Gasteiger partial charge in [-0.1, -0.05) is 13.8 Å². The average Bonchev–Trinajstić information content (AvgIpc) is 2.40. The van der Waals surface area contributed by atoms with Crippen molar-refractivity contribution in [3.63, 3.8) is 0 Å². The predicted octanol–water partition coefficient (Wildman–Crippen LogP) is 3.05. The Balaban J connectivity index is 1.82. The van der Waals surface area contributed by atoms with Crippen molar-refractivity contribution < 1.29 is 0 Å². The predicted molar refractivity (Wildman–Crippen MR) is 84.2 cm³/mol. The van der Waals surface area contributed by atoms with E-state index in [1.165, 1.54) is 32.4 Å². The third-order valence-electron chi connectivity index (χ3n) is 4.08. The summed E-state index contributed by atoms with van der Waals surface area (Å²) in [6.07, 6.45) is 3.91. The lowest BCUT2D eigenvalue weighted by molar-refractivity contribution is 0.215. The molecule has 112 valence electrons. The average molecular weight is 276 g/mol. The van der Waals surface area contributed by atoms with E-state index in [0.29, 0.717) is 5.92 Å². The van der Waals surface area contributed by atoms with Gasteiger partial charge in [0.25, 0.3) is 0 Å². The molecular weight excluding hydrogens is 248 g/mol. The van der Waals surface area contributed by atoms with E-state index in [4.69, 9.17) is 0 Å². The molecule has 2 heterocycles. The smallest absolute Gasteiger partial charge is 0.133 e. The highest BCUT2D eigenvalue weighted by atomic mass is 15.1. The monoisotopic (exact) mass is 276 g/mol. The Morgan fingerprint density at radius 2 is 2.00 bits per heavy atom. The molecule has 1 aromatic heterocycles. The first-order valence-corrected chi connectivity index (χ1v) is 7.82. The van der Waals surface area contributed by atoms with Gasteiger partial charge >= 0.3 is 0 Å². The molecule has 1 saturated heterocycles. The van der Waals surface area contributed by atoms with Gasteiger partial charge in [-0.05, 0) is 52.2 Å². The van der Waals surface area contributed by atoms with Crippen LogP contribution in [0.15, 0.2) is 6.07 Å². The van der Waals surface area contributed by atoms with Crippen molar-refractivity contribution in [1.29, 1.82) is 0 Å². The first kappa shape index (κ1) is 15.2. The lowest BCUT2D eigenvalue weighted by Gasteiger charge is -2.28. The quantitative estimate of drug-likeness (QED) is 0.897. The number of nitrogens with one attached hydrogen (secondary N) is 1. The van der Waals surface area contributed by atoms with Crippen LogP contribution in [0.5, 0.6) is 0 Å². The molecule has 4 heteroatoms. The molecule has 1 aliphatic rings. The molecule has 0 atom stereocenters. The molecule has 0 saturated carbocycles. The zero-order chi connectivity index (χ0) is 14.5. The van der Waals surface area contributed by atoms with E-state index in [1.54, 1.807) is 0 Å². The number of piperidine rings is 1. The lowest BCUT2D eigenvalue weighted by Crippen LogP contribution is -2.30. The van der Waals surface area contributed by atoms with Gasteiger partial charge < -0.3 is 10.2 Å². The van der Waals surface area contributed by atoms with Crippen molar-refractivity contribution in [3.8, 4) is 0 Å². The summed E-state index contributed by atoms with van der Waals surface area (Å²) in [6.45, 7) is 9.82. The Hall–Kier alpha value is -1.16. The molecule has 1 aromatic rings. The molecule has 1 N–H and O–H groups in total. The molecule has 0 aromatic carbocycles. The number of hydrogen-bond donors (Lipinski definition) is 1. The number of nitrogens with zero attached hydrogens (tertiary/aromatic N) is 3. The van der Waals surface area contributed by atoms with E-state index in [9.17, 15) is 0 Å². The van der Waals surface area contributed by atoms with Crippen molar-refractivity contribution in [1.82, 2.24) is 14.9 Å². The molecule has 1 fully saturated rings.